The average molecular weight is 430 g/mol. The number of nitrogens with one attached hydrogen (secondary N) is 1. The zero-order valence-corrected chi connectivity index (χ0v) is 16.9. The zero-order chi connectivity index (χ0) is 21.6. The van der Waals surface area contributed by atoms with Gasteiger partial charge in [-0.25, -0.2) is 10.2 Å². The van der Waals surface area contributed by atoms with Crippen LogP contribution in [0.15, 0.2) is 90.3 Å². The molecule has 152 valence electrons. The Balaban J connectivity index is 1.63. The van der Waals surface area contributed by atoms with E-state index in [1.165, 1.54) is 18.6 Å². The predicted molar refractivity (Wildman–Crippen MR) is 120 cm³/mol. The van der Waals surface area contributed by atoms with Gasteiger partial charge in [0.1, 0.15) is 5.75 Å². The number of amides is 1. The first-order valence-electron chi connectivity index (χ1n) is 9.35. The molecule has 0 saturated heterocycles. The summed E-state index contributed by atoms with van der Waals surface area (Å²) in [4.78, 5) is 28.7. The van der Waals surface area contributed by atoms with Gasteiger partial charge in [-0.05, 0) is 53.2 Å². The van der Waals surface area contributed by atoms with E-state index in [-0.39, 0.29) is 5.91 Å². The van der Waals surface area contributed by atoms with Gasteiger partial charge in [0.25, 0.3) is 5.91 Å². The van der Waals surface area contributed by atoms with Crippen molar-refractivity contribution in [1.82, 2.24) is 10.4 Å². The Morgan fingerprint density at radius 1 is 0.903 bits per heavy atom. The second-order valence-electron chi connectivity index (χ2n) is 6.53. The summed E-state index contributed by atoms with van der Waals surface area (Å²) in [5.41, 5.74) is 3.84. The first kappa shape index (κ1) is 20.3. The maximum Gasteiger partial charge on any atom is 0.343 e. The minimum Gasteiger partial charge on any atom is -0.422 e. The van der Waals surface area contributed by atoms with Crippen molar-refractivity contribution >= 4 is 40.5 Å². The third-order valence-corrected chi connectivity index (χ3v) is 4.77. The van der Waals surface area contributed by atoms with E-state index in [1.54, 1.807) is 42.5 Å². The van der Waals surface area contributed by atoms with Gasteiger partial charge >= 0.3 is 5.97 Å². The molecular formula is C24H16ClN3O3. The smallest absolute Gasteiger partial charge is 0.343 e. The van der Waals surface area contributed by atoms with Crippen molar-refractivity contribution in [2.75, 3.05) is 0 Å². The number of halogens is 1. The first-order valence-corrected chi connectivity index (χ1v) is 9.72. The van der Waals surface area contributed by atoms with Crippen LogP contribution in [-0.4, -0.2) is 23.1 Å². The molecule has 0 radical (unpaired) electrons. The van der Waals surface area contributed by atoms with Gasteiger partial charge in [-0.15, -0.1) is 0 Å². The van der Waals surface area contributed by atoms with Gasteiger partial charge in [0.2, 0.25) is 0 Å². The molecule has 6 nitrogen and oxygen atoms in total. The highest BCUT2D eigenvalue weighted by Crippen LogP contribution is 2.27. The van der Waals surface area contributed by atoms with E-state index in [1.807, 2.05) is 30.3 Å². The number of nitrogens with zero attached hydrogens (tertiary/aromatic N) is 2. The van der Waals surface area contributed by atoms with Gasteiger partial charge in [-0.2, -0.15) is 5.10 Å². The Kier molecular flexibility index (Phi) is 6.01. The Bertz CT molecular complexity index is 1270. The molecule has 0 fully saturated rings. The number of esters is 1. The van der Waals surface area contributed by atoms with Crippen molar-refractivity contribution in [1.29, 1.82) is 0 Å². The number of hydrogen-bond donors (Lipinski definition) is 1. The molecule has 1 N–H and O–H groups in total. The molecule has 0 aliphatic rings. The lowest BCUT2D eigenvalue weighted by molar-refractivity contribution is 0.0734. The lowest BCUT2D eigenvalue weighted by Crippen LogP contribution is -2.17. The Hall–Kier alpha value is -4.03. The van der Waals surface area contributed by atoms with E-state index < -0.39 is 5.97 Å². The summed E-state index contributed by atoms with van der Waals surface area (Å²) in [6, 6.07) is 20.8. The third kappa shape index (κ3) is 4.76. The van der Waals surface area contributed by atoms with E-state index in [0.717, 1.165) is 10.8 Å². The van der Waals surface area contributed by atoms with E-state index in [2.05, 4.69) is 15.5 Å². The maximum absolute atomic E-state index is 12.6. The first-order chi connectivity index (χ1) is 15.1. The molecule has 0 bridgehead atoms. The van der Waals surface area contributed by atoms with E-state index in [4.69, 9.17) is 16.3 Å². The summed E-state index contributed by atoms with van der Waals surface area (Å²) in [5.74, 6) is -0.582. The summed E-state index contributed by atoms with van der Waals surface area (Å²) < 4.78 is 5.63. The van der Waals surface area contributed by atoms with Gasteiger partial charge in [0.15, 0.2) is 0 Å². The number of carbonyl (C=O) groups is 2. The second kappa shape index (κ2) is 9.19. The summed E-state index contributed by atoms with van der Waals surface area (Å²) >= 11 is 5.89. The van der Waals surface area contributed by atoms with Crippen LogP contribution in [0.4, 0.5) is 0 Å². The molecule has 0 unspecified atom stereocenters. The number of ether oxygens (including phenoxy) is 1. The Labute approximate surface area is 183 Å². The average Bonchev–Trinajstić information content (AvgIpc) is 2.81. The number of pyridine rings is 1. The van der Waals surface area contributed by atoms with Gasteiger partial charge in [-0.3, -0.25) is 9.78 Å². The quantitative estimate of drug-likeness (QED) is 0.212. The van der Waals surface area contributed by atoms with Crippen LogP contribution < -0.4 is 10.2 Å². The van der Waals surface area contributed by atoms with E-state index >= 15 is 0 Å². The van der Waals surface area contributed by atoms with Crippen LogP contribution in [0.3, 0.4) is 0 Å². The van der Waals surface area contributed by atoms with Crippen molar-refractivity contribution in [2.45, 2.75) is 0 Å². The van der Waals surface area contributed by atoms with Crippen LogP contribution in [0.25, 0.3) is 10.8 Å². The highest BCUT2D eigenvalue weighted by molar-refractivity contribution is 6.30. The SMILES string of the molecule is O=C(N/N=C\c1c(OC(=O)c2ccc(Cl)cc2)ccc2ccccc12)c1ccncc1. The molecule has 0 atom stereocenters. The van der Waals surface area contributed by atoms with Crippen LogP contribution in [0.1, 0.15) is 26.3 Å². The molecule has 3 aromatic carbocycles. The van der Waals surface area contributed by atoms with E-state index in [0.29, 0.717) is 27.5 Å². The second-order valence-corrected chi connectivity index (χ2v) is 6.97. The molecule has 1 heterocycles. The number of hydrogen-bond acceptors (Lipinski definition) is 5. The van der Waals surface area contributed by atoms with Gasteiger partial charge in [0.05, 0.1) is 11.8 Å². The summed E-state index contributed by atoms with van der Waals surface area (Å²) in [7, 11) is 0. The van der Waals surface area contributed by atoms with Crippen molar-refractivity contribution in [3.05, 3.63) is 107 Å². The Morgan fingerprint density at radius 2 is 1.65 bits per heavy atom. The molecule has 4 aromatic rings. The minimum atomic E-state index is -0.526. The number of rotatable bonds is 5. The molecule has 0 saturated carbocycles. The van der Waals surface area contributed by atoms with Gasteiger partial charge in [-0.1, -0.05) is 41.9 Å². The van der Waals surface area contributed by atoms with Crippen molar-refractivity contribution in [2.24, 2.45) is 5.10 Å². The third-order valence-electron chi connectivity index (χ3n) is 4.52. The van der Waals surface area contributed by atoms with E-state index in [9.17, 15) is 9.59 Å². The predicted octanol–water partition coefficient (Wildman–Crippen LogP) is 4.87. The van der Waals surface area contributed by atoms with Crippen molar-refractivity contribution in [3.63, 3.8) is 0 Å². The highest BCUT2D eigenvalue weighted by atomic mass is 35.5. The Morgan fingerprint density at radius 3 is 2.42 bits per heavy atom. The molecule has 0 aliphatic carbocycles. The van der Waals surface area contributed by atoms with Crippen LogP contribution in [-0.2, 0) is 0 Å². The monoisotopic (exact) mass is 429 g/mol. The summed E-state index contributed by atoms with van der Waals surface area (Å²) in [5, 5.41) is 6.36. The zero-order valence-electron chi connectivity index (χ0n) is 16.2. The molecule has 4 rings (SSSR count). The van der Waals surface area contributed by atoms with Crippen LogP contribution in [0.2, 0.25) is 5.02 Å². The van der Waals surface area contributed by atoms with Gasteiger partial charge < -0.3 is 4.74 Å². The molecule has 0 aliphatic heterocycles. The molecule has 0 spiro atoms. The number of hydrazone groups is 1. The fourth-order valence-corrected chi connectivity index (χ4v) is 3.09. The van der Waals surface area contributed by atoms with Crippen LogP contribution >= 0.6 is 11.6 Å². The van der Waals surface area contributed by atoms with Gasteiger partial charge in [0, 0.05) is 28.5 Å². The minimum absolute atomic E-state index is 0.320. The lowest BCUT2D eigenvalue weighted by atomic mass is 10.0. The summed E-state index contributed by atoms with van der Waals surface area (Å²) in [6.45, 7) is 0. The fraction of sp³-hybridized carbons (Fsp3) is 0. The number of fused-ring (bicyclic) bond motifs is 1. The molecule has 31 heavy (non-hydrogen) atoms. The van der Waals surface area contributed by atoms with Crippen LogP contribution in [0.5, 0.6) is 5.75 Å². The lowest BCUT2D eigenvalue weighted by Gasteiger charge is -2.10. The molecule has 1 aromatic heterocycles. The molecular weight excluding hydrogens is 414 g/mol. The number of benzene rings is 3. The topological polar surface area (TPSA) is 80.6 Å². The van der Waals surface area contributed by atoms with Crippen molar-refractivity contribution < 1.29 is 14.3 Å². The fourth-order valence-electron chi connectivity index (χ4n) is 2.97. The molecule has 7 heteroatoms. The van der Waals surface area contributed by atoms with Crippen molar-refractivity contribution in [3.8, 4) is 5.75 Å². The normalized spacial score (nSPS) is 10.9. The highest BCUT2D eigenvalue weighted by Gasteiger charge is 2.14. The number of aromatic nitrogens is 1. The standard InChI is InChI=1S/C24H16ClN3O3/c25-19-8-5-18(6-9-19)24(30)31-22-10-7-16-3-1-2-4-20(16)21(22)15-27-28-23(29)17-11-13-26-14-12-17/h1-15H,(H,28,29)/b27-15-. The largest absolute Gasteiger partial charge is 0.422 e. The molecule has 1 amide bonds. The maximum atomic E-state index is 12.6. The summed E-state index contributed by atoms with van der Waals surface area (Å²) in [6.07, 6.45) is 4.52. The number of carbonyl (C=O) groups excluding carboxylic acids is 2. The van der Waals surface area contributed by atoms with Crippen LogP contribution in [0, 0.1) is 0 Å².